The van der Waals surface area contributed by atoms with E-state index >= 15 is 0 Å². The summed E-state index contributed by atoms with van der Waals surface area (Å²) in [6.45, 7) is 1.75. The number of rotatable bonds is 13. The molecule has 0 saturated heterocycles. The normalized spacial score (nSPS) is 15.5. The summed E-state index contributed by atoms with van der Waals surface area (Å²) in [5.41, 5.74) is 1.68. The van der Waals surface area contributed by atoms with Gasteiger partial charge in [0.15, 0.2) is 5.16 Å². The van der Waals surface area contributed by atoms with Gasteiger partial charge in [-0.2, -0.15) is 0 Å². The van der Waals surface area contributed by atoms with Gasteiger partial charge in [-0.25, -0.2) is 4.39 Å². The van der Waals surface area contributed by atoms with Crippen molar-refractivity contribution in [1.82, 2.24) is 20.1 Å². The van der Waals surface area contributed by atoms with Crippen molar-refractivity contribution in [3.05, 3.63) is 65.3 Å². The smallest absolute Gasteiger partial charge is 0.220 e. The summed E-state index contributed by atoms with van der Waals surface area (Å²) in [6, 6.07) is 6.72. The molecule has 0 radical (unpaired) electrons. The molecule has 1 heterocycles. The molecule has 1 aromatic carbocycles. The Balaban J connectivity index is 1.58. The molecule has 0 fully saturated rings. The molecular weight excluding hydrogens is 443 g/mol. The number of nitrogens with zero attached hydrogens (tertiary/aromatic N) is 3. The predicted octanol–water partition coefficient (Wildman–Crippen LogP) is 3.70. The van der Waals surface area contributed by atoms with Crippen molar-refractivity contribution in [3.63, 3.8) is 0 Å². The molecule has 0 spiro atoms. The maximum Gasteiger partial charge on any atom is 0.220 e. The number of benzene rings is 1. The first kappa shape index (κ1) is 25.1. The van der Waals surface area contributed by atoms with Crippen LogP contribution in [0.25, 0.3) is 0 Å². The summed E-state index contributed by atoms with van der Waals surface area (Å²) in [7, 11) is 3.34. The molecule has 3 rings (SSSR count). The lowest BCUT2D eigenvalue weighted by molar-refractivity contribution is -0.120. The molecule has 0 bridgehead atoms. The first-order chi connectivity index (χ1) is 16.1. The Morgan fingerprint density at radius 2 is 2.15 bits per heavy atom. The summed E-state index contributed by atoms with van der Waals surface area (Å²) >= 11 is 1.44. The van der Waals surface area contributed by atoms with Gasteiger partial charge in [-0.05, 0) is 30.0 Å². The van der Waals surface area contributed by atoms with E-state index < -0.39 is 0 Å². The van der Waals surface area contributed by atoms with Gasteiger partial charge in [-0.1, -0.05) is 48.2 Å². The molecule has 9 heteroatoms. The minimum atomic E-state index is -0.230. The minimum absolute atomic E-state index is 0.00761. The third-order valence-corrected chi connectivity index (χ3v) is 6.41. The molecule has 2 aromatic rings. The van der Waals surface area contributed by atoms with E-state index in [1.807, 2.05) is 22.8 Å². The number of aromatic nitrogens is 3. The van der Waals surface area contributed by atoms with E-state index in [1.165, 1.54) is 17.8 Å². The summed E-state index contributed by atoms with van der Waals surface area (Å²) in [5, 5.41) is 12.3. The van der Waals surface area contributed by atoms with E-state index in [4.69, 9.17) is 9.47 Å². The molecule has 33 heavy (non-hydrogen) atoms. The Kier molecular flexibility index (Phi) is 10.1. The Morgan fingerprint density at radius 3 is 2.94 bits per heavy atom. The first-order valence-electron chi connectivity index (χ1n) is 11.0. The molecule has 0 saturated carbocycles. The van der Waals surface area contributed by atoms with Crippen LogP contribution in [0, 0.1) is 5.82 Å². The van der Waals surface area contributed by atoms with Crippen LogP contribution in [0.3, 0.4) is 0 Å². The molecule has 0 aliphatic heterocycles. The van der Waals surface area contributed by atoms with Crippen LogP contribution in [0.1, 0.15) is 30.7 Å². The maximum atomic E-state index is 14.0. The van der Waals surface area contributed by atoms with Crippen molar-refractivity contribution in [1.29, 1.82) is 0 Å². The van der Waals surface area contributed by atoms with E-state index in [2.05, 4.69) is 21.6 Å². The quantitative estimate of drug-likeness (QED) is 0.352. The molecule has 178 valence electrons. The standard InChI is InChI=1S/C24H31FN4O3S/c1-31-15-7-14-29-22(27-28-24(29)33-17-19-9-3-5-10-20(19)25)12-13-23(30)26-16-18-8-4-6-11-21(18)32-2/h3-6,8-10,21H,7,11-17H2,1-2H3,(H,26,30). The molecular formula is C24H31FN4O3S. The van der Waals surface area contributed by atoms with Crippen LogP contribution in [0.4, 0.5) is 4.39 Å². The zero-order valence-electron chi connectivity index (χ0n) is 19.1. The Bertz CT molecular complexity index is 976. The lowest BCUT2D eigenvalue weighted by Gasteiger charge is -2.20. The number of hydrogen-bond acceptors (Lipinski definition) is 6. The highest BCUT2D eigenvalue weighted by molar-refractivity contribution is 7.98. The second kappa shape index (κ2) is 13.3. The Labute approximate surface area is 198 Å². The van der Waals surface area contributed by atoms with Gasteiger partial charge >= 0.3 is 0 Å². The lowest BCUT2D eigenvalue weighted by Crippen LogP contribution is -2.30. The Hall–Kier alpha value is -2.49. The zero-order valence-corrected chi connectivity index (χ0v) is 19.9. The summed E-state index contributed by atoms with van der Waals surface area (Å²) in [6.07, 6.45) is 8.42. The Morgan fingerprint density at radius 1 is 1.30 bits per heavy atom. The van der Waals surface area contributed by atoms with Gasteiger partial charge in [0.25, 0.3) is 0 Å². The molecule has 1 aliphatic carbocycles. The van der Waals surface area contributed by atoms with Crippen molar-refractivity contribution in [3.8, 4) is 0 Å². The van der Waals surface area contributed by atoms with Crippen LogP contribution in [-0.4, -0.2) is 54.1 Å². The largest absolute Gasteiger partial charge is 0.385 e. The van der Waals surface area contributed by atoms with Gasteiger partial charge in [0, 0.05) is 52.5 Å². The number of nitrogens with one attached hydrogen (secondary N) is 1. The summed E-state index contributed by atoms with van der Waals surface area (Å²) < 4.78 is 26.6. The van der Waals surface area contributed by atoms with Gasteiger partial charge in [-0.15, -0.1) is 10.2 Å². The van der Waals surface area contributed by atoms with E-state index in [0.717, 1.165) is 24.2 Å². The highest BCUT2D eigenvalue weighted by atomic mass is 32.2. The number of thioether (sulfide) groups is 1. The van der Waals surface area contributed by atoms with Crippen LogP contribution in [0.2, 0.25) is 0 Å². The van der Waals surface area contributed by atoms with Crippen LogP contribution in [-0.2, 0) is 33.0 Å². The average Bonchev–Trinajstić information content (AvgIpc) is 3.22. The zero-order chi connectivity index (χ0) is 23.5. The molecule has 7 nitrogen and oxygen atoms in total. The topological polar surface area (TPSA) is 78.3 Å². The fourth-order valence-corrected chi connectivity index (χ4v) is 4.52. The minimum Gasteiger partial charge on any atom is -0.385 e. The second-order valence-electron chi connectivity index (χ2n) is 7.68. The van der Waals surface area contributed by atoms with Gasteiger partial charge < -0.3 is 19.4 Å². The number of hydrogen-bond donors (Lipinski definition) is 1. The number of carbonyl (C=O) groups excluding carboxylic acids is 1. The molecule has 1 unspecified atom stereocenters. The average molecular weight is 475 g/mol. The van der Waals surface area contributed by atoms with E-state index in [0.29, 0.717) is 49.0 Å². The van der Waals surface area contributed by atoms with Crippen LogP contribution < -0.4 is 5.32 Å². The lowest BCUT2D eigenvalue weighted by atomic mass is 10.0. The monoisotopic (exact) mass is 474 g/mol. The van der Waals surface area contributed by atoms with Gasteiger partial charge in [0.05, 0.1) is 6.10 Å². The van der Waals surface area contributed by atoms with Crippen molar-refractivity contribution in [2.75, 3.05) is 27.4 Å². The molecule has 1 amide bonds. The van der Waals surface area contributed by atoms with Crippen LogP contribution in [0.15, 0.2) is 53.2 Å². The number of ether oxygens (including phenoxy) is 2. The number of aryl methyl sites for hydroxylation is 1. The number of carbonyl (C=O) groups is 1. The van der Waals surface area contributed by atoms with E-state index in [9.17, 15) is 9.18 Å². The van der Waals surface area contributed by atoms with Crippen LogP contribution in [0.5, 0.6) is 0 Å². The molecule has 1 atom stereocenters. The molecule has 1 aromatic heterocycles. The first-order valence-corrected chi connectivity index (χ1v) is 12.0. The van der Waals surface area contributed by atoms with Crippen molar-refractivity contribution in [2.45, 2.75) is 49.2 Å². The number of allylic oxidation sites excluding steroid dienone is 2. The van der Waals surface area contributed by atoms with Gasteiger partial charge in [-0.3, -0.25) is 4.79 Å². The third kappa shape index (κ3) is 7.52. The fourth-order valence-electron chi connectivity index (χ4n) is 3.55. The van der Waals surface area contributed by atoms with Gasteiger partial charge in [0.2, 0.25) is 5.91 Å². The van der Waals surface area contributed by atoms with Gasteiger partial charge in [0.1, 0.15) is 11.6 Å². The summed E-state index contributed by atoms with van der Waals surface area (Å²) in [5.74, 6) is 0.922. The molecule has 1 aliphatic rings. The third-order valence-electron chi connectivity index (χ3n) is 5.40. The highest BCUT2D eigenvalue weighted by Gasteiger charge is 2.17. The van der Waals surface area contributed by atoms with E-state index in [1.54, 1.807) is 26.4 Å². The number of methoxy groups -OCH3 is 2. The van der Waals surface area contributed by atoms with E-state index in [-0.39, 0.29) is 17.8 Å². The number of halogens is 1. The van der Waals surface area contributed by atoms with Crippen molar-refractivity contribution < 1.29 is 18.7 Å². The summed E-state index contributed by atoms with van der Waals surface area (Å²) in [4.78, 5) is 12.5. The van der Waals surface area contributed by atoms with Crippen LogP contribution >= 0.6 is 11.8 Å². The fraction of sp³-hybridized carbons (Fsp3) is 0.458. The maximum absolute atomic E-state index is 14.0. The molecule has 1 N–H and O–H groups in total. The van der Waals surface area contributed by atoms with Crippen molar-refractivity contribution >= 4 is 17.7 Å². The highest BCUT2D eigenvalue weighted by Crippen LogP contribution is 2.24. The van der Waals surface area contributed by atoms with Crippen molar-refractivity contribution in [2.24, 2.45) is 0 Å². The SMILES string of the molecule is COCCCn1c(CCC(=O)NCC2=CC=CCC2OC)nnc1SCc1ccccc1F. The second-order valence-corrected chi connectivity index (χ2v) is 8.63. The number of amides is 1. The predicted molar refractivity (Wildman–Crippen MR) is 126 cm³/mol.